The Kier molecular flexibility index (Phi) is 12.2. The average molecular weight is 532 g/mol. The van der Waals surface area contributed by atoms with Gasteiger partial charge in [0.2, 0.25) is 5.91 Å². The number of carbonyl (C=O) groups is 3. The molecule has 10 heteroatoms. The lowest BCUT2D eigenvalue weighted by Gasteiger charge is -2.14. The molecule has 7 N–H and O–H groups in total. The van der Waals surface area contributed by atoms with Gasteiger partial charge in [-0.25, -0.2) is 5.48 Å². The number of hydrogen-bond acceptors (Lipinski definition) is 7. The van der Waals surface area contributed by atoms with Crippen LogP contribution in [-0.4, -0.2) is 42.1 Å². The average Bonchev–Trinajstić information content (AvgIpc) is 3.44. The summed E-state index contributed by atoms with van der Waals surface area (Å²) in [6, 6.07) is 16.5. The van der Waals surface area contributed by atoms with Crippen LogP contribution in [0.15, 0.2) is 66.0 Å². The molecule has 0 unspecified atom stereocenters. The zero-order chi connectivity index (χ0) is 26.5. The van der Waals surface area contributed by atoms with Gasteiger partial charge >= 0.3 is 0 Å². The van der Waals surface area contributed by atoms with Gasteiger partial charge in [0.25, 0.3) is 11.8 Å². The first-order valence-corrected chi connectivity index (χ1v) is 12.1. The third-order valence-electron chi connectivity index (χ3n) is 4.92. The van der Waals surface area contributed by atoms with Crippen LogP contribution in [0.25, 0.3) is 0 Å². The summed E-state index contributed by atoms with van der Waals surface area (Å²) in [5, 5.41) is 19.0. The highest BCUT2D eigenvalue weighted by atomic mass is 32.1. The van der Waals surface area contributed by atoms with Crippen LogP contribution in [-0.2, 0) is 16.1 Å². The van der Waals surface area contributed by atoms with Crippen LogP contribution in [0.2, 0.25) is 0 Å². The van der Waals surface area contributed by atoms with E-state index >= 15 is 0 Å². The lowest BCUT2D eigenvalue weighted by atomic mass is 10.1. The molecule has 38 heavy (non-hydrogen) atoms. The van der Waals surface area contributed by atoms with E-state index < -0.39 is 17.9 Å². The van der Waals surface area contributed by atoms with E-state index in [-0.39, 0.29) is 26.4 Å². The van der Waals surface area contributed by atoms with Gasteiger partial charge in [-0.15, -0.1) is 11.3 Å². The first-order valence-electron chi connectivity index (χ1n) is 11.2. The minimum absolute atomic E-state index is 0. The van der Waals surface area contributed by atoms with E-state index in [9.17, 15) is 14.4 Å². The van der Waals surface area contributed by atoms with Gasteiger partial charge in [0.1, 0.15) is 6.04 Å². The van der Waals surface area contributed by atoms with Crippen molar-refractivity contribution in [3.8, 4) is 23.7 Å². The van der Waals surface area contributed by atoms with Crippen molar-refractivity contribution in [1.82, 2.24) is 16.1 Å². The van der Waals surface area contributed by atoms with E-state index in [1.54, 1.807) is 59.9 Å². The first kappa shape index (κ1) is 29.8. The van der Waals surface area contributed by atoms with E-state index in [0.29, 0.717) is 23.4 Å². The van der Waals surface area contributed by atoms with Gasteiger partial charge in [-0.2, -0.15) is 0 Å². The maximum absolute atomic E-state index is 12.2. The zero-order valence-electron chi connectivity index (χ0n) is 19.7. The molecule has 0 aliphatic carbocycles. The van der Waals surface area contributed by atoms with Crippen molar-refractivity contribution in [1.29, 1.82) is 0 Å². The molecule has 2 aromatic carbocycles. The third-order valence-corrected chi connectivity index (χ3v) is 5.80. The lowest BCUT2D eigenvalue weighted by Crippen LogP contribution is -2.50. The van der Waals surface area contributed by atoms with Crippen LogP contribution in [0.1, 0.15) is 33.8 Å². The molecule has 0 fully saturated rings. The van der Waals surface area contributed by atoms with Crippen molar-refractivity contribution < 1.29 is 19.6 Å². The highest BCUT2D eigenvalue weighted by molar-refractivity contribution is 7.09. The molecule has 3 amide bonds. The Morgan fingerprint density at radius 3 is 2.13 bits per heavy atom. The van der Waals surface area contributed by atoms with Crippen molar-refractivity contribution in [2.24, 2.45) is 5.73 Å². The molecule has 3 aromatic rings. The number of amides is 3. The molecule has 1 aromatic heterocycles. The SMILES string of the molecule is C.NC[C@H](NC(=O)c1ccc(C#CC#Cc2ccc(NC(=O)CNCc3cccs3)cc2)cc1)C(=O)NO. The molecule has 9 nitrogen and oxygen atoms in total. The van der Waals surface area contributed by atoms with E-state index in [4.69, 9.17) is 10.9 Å². The lowest BCUT2D eigenvalue weighted by molar-refractivity contribution is -0.130. The van der Waals surface area contributed by atoms with E-state index in [1.807, 2.05) is 17.5 Å². The van der Waals surface area contributed by atoms with Gasteiger partial charge in [-0.1, -0.05) is 25.3 Å². The fourth-order valence-corrected chi connectivity index (χ4v) is 3.69. The fraction of sp³-hybridized carbons (Fsp3) is 0.179. The van der Waals surface area contributed by atoms with Crippen LogP contribution in [0.3, 0.4) is 0 Å². The minimum atomic E-state index is -1.05. The monoisotopic (exact) mass is 531 g/mol. The normalized spacial score (nSPS) is 10.4. The Morgan fingerprint density at radius 1 is 0.947 bits per heavy atom. The van der Waals surface area contributed by atoms with Crippen molar-refractivity contribution >= 4 is 34.7 Å². The standard InChI is InChI=1S/C27H25N5O4S.CH4/c28-16-24(27(35)32-36)31-26(34)21-11-7-19(8-12-21)4-1-2-5-20-9-13-22(14-10-20)30-25(33)18-29-17-23-6-3-15-37-23;/h3,6-15,24,29,36H,16-18,28H2,(H,30,33)(H,31,34)(H,32,35);1H4/t24-;/m0./s1. The predicted octanol–water partition coefficient (Wildman–Crippen LogP) is 2.08. The number of thiophene rings is 1. The number of carbonyl (C=O) groups excluding carboxylic acids is 3. The molecule has 1 atom stereocenters. The maximum atomic E-state index is 12.2. The second-order valence-electron chi connectivity index (χ2n) is 7.62. The Morgan fingerprint density at radius 2 is 1.58 bits per heavy atom. The molecular formula is C28H29N5O4S. The summed E-state index contributed by atoms with van der Waals surface area (Å²) in [4.78, 5) is 36.9. The minimum Gasteiger partial charge on any atom is -0.339 e. The highest BCUT2D eigenvalue weighted by Crippen LogP contribution is 2.09. The largest absolute Gasteiger partial charge is 0.339 e. The molecule has 0 aliphatic heterocycles. The third kappa shape index (κ3) is 9.54. The van der Waals surface area contributed by atoms with E-state index in [2.05, 4.69) is 39.6 Å². The number of rotatable bonds is 9. The Balaban J connectivity index is 0.00000507. The number of hydroxylamine groups is 1. The van der Waals surface area contributed by atoms with Gasteiger partial charge < -0.3 is 21.7 Å². The summed E-state index contributed by atoms with van der Waals surface area (Å²) in [5.74, 6) is 9.93. The molecule has 0 radical (unpaired) electrons. The first-order chi connectivity index (χ1) is 18.0. The number of hydrogen-bond donors (Lipinski definition) is 6. The van der Waals surface area contributed by atoms with Crippen molar-refractivity contribution in [2.75, 3.05) is 18.4 Å². The highest BCUT2D eigenvalue weighted by Gasteiger charge is 2.19. The van der Waals surface area contributed by atoms with Crippen LogP contribution in [0.5, 0.6) is 0 Å². The summed E-state index contributed by atoms with van der Waals surface area (Å²) < 4.78 is 0. The van der Waals surface area contributed by atoms with Crippen LogP contribution >= 0.6 is 11.3 Å². The summed E-state index contributed by atoms with van der Waals surface area (Å²) in [6.07, 6.45) is 0. The van der Waals surface area contributed by atoms with Gasteiger partial charge in [0.05, 0.1) is 6.54 Å². The van der Waals surface area contributed by atoms with E-state index in [1.165, 1.54) is 10.4 Å². The maximum Gasteiger partial charge on any atom is 0.267 e. The van der Waals surface area contributed by atoms with Crippen molar-refractivity contribution in [3.05, 3.63) is 87.6 Å². The number of nitrogens with two attached hydrogens (primary N) is 1. The molecule has 0 saturated carbocycles. The number of nitrogens with one attached hydrogen (secondary N) is 4. The van der Waals surface area contributed by atoms with Gasteiger partial charge in [0.15, 0.2) is 0 Å². The number of anilines is 1. The molecule has 0 saturated heterocycles. The summed E-state index contributed by atoms with van der Waals surface area (Å²) in [7, 11) is 0. The molecule has 0 spiro atoms. The van der Waals surface area contributed by atoms with E-state index in [0.717, 1.165) is 5.56 Å². The number of benzene rings is 2. The second kappa shape index (κ2) is 15.6. The summed E-state index contributed by atoms with van der Waals surface area (Å²) in [6.45, 7) is 0.710. The Labute approximate surface area is 225 Å². The quantitative estimate of drug-likeness (QED) is 0.142. The van der Waals surface area contributed by atoms with Crippen molar-refractivity contribution in [3.63, 3.8) is 0 Å². The summed E-state index contributed by atoms with van der Waals surface area (Å²) >= 11 is 1.64. The fourth-order valence-electron chi connectivity index (χ4n) is 3.02. The molecule has 1 heterocycles. The van der Waals surface area contributed by atoms with Gasteiger partial charge in [0, 0.05) is 40.3 Å². The molecule has 0 bridgehead atoms. The van der Waals surface area contributed by atoms with Crippen LogP contribution in [0, 0.1) is 23.7 Å². The smallest absolute Gasteiger partial charge is 0.267 e. The topological polar surface area (TPSA) is 146 Å². The molecule has 3 rings (SSSR count). The molecular weight excluding hydrogens is 502 g/mol. The Bertz CT molecular complexity index is 1330. The summed E-state index contributed by atoms with van der Waals surface area (Å²) in [5.41, 5.74) is 9.28. The molecule has 196 valence electrons. The second-order valence-corrected chi connectivity index (χ2v) is 8.66. The van der Waals surface area contributed by atoms with Gasteiger partial charge in [-0.05, 0) is 71.8 Å². The Hall–Kier alpha value is -4.45. The zero-order valence-corrected chi connectivity index (χ0v) is 20.5. The van der Waals surface area contributed by atoms with Crippen LogP contribution < -0.4 is 27.2 Å². The van der Waals surface area contributed by atoms with Crippen molar-refractivity contribution in [2.45, 2.75) is 20.0 Å². The van der Waals surface area contributed by atoms with Gasteiger partial charge in [-0.3, -0.25) is 19.6 Å². The molecule has 0 aliphatic rings. The van der Waals surface area contributed by atoms with Crippen LogP contribution in [0.4, 0.5) is 5.69 Å². The predicted molar refractivity (Wildman–Crippen MR) is 148 cm³/mol.